The number of benzene rings is 3. The average molecular weight is 446 g/mol. The zero-order valence-corrected chi connectivity index (χ0v) is 18.0. The predicted octanol–water partition coefficient (Wildman–Crippen LogP) is 3.84. The van der Waals surface area contributed by atoms with E-state index in [1.165, 1.54) is 15.9 Å². The highest BCUT2D eigenvalue weighted by Crippen LogP contribution is 2.33. The van der Waals surface area contributed by atoms with Crippen molar-refractivity contribution in [1.29, 1.82) is 0 Å². The Bertz CT molecular complexity index is 1200. The maximum atomic E-state index is 13.8. The maximum Gasteiger partial charge on any atom is 0.326 e. The number of carbonyl (C=O) groups is 3. The second kappa shape index (κ2) is 9.52. The number of carbonyl (C=O) groups excluding carboxylic acids is 3. The van der Waals surface area contributed by atoms with Gasteiger partial charge in [-0.2, -0.15) is 0 Å². The maximum absolute atomic E-state index is 13.8. The van der Waals surface area contributed by atoms with Crippen molar-refractivity contribution in [2.45, 2.75) is 13.5 Å². The van der Waals surface area contributed by atoms with E-state index in [0.29, 0.717) is 22.6 Å². The molecule has 0 spiro atoms. The van der Waals surface area contributed by atoms with E-state index in [1.807, 2.05) is 19.1 Å². The summed E-state index contributed by atoms with van der Waals surface area (Å²) in [4.78, 5) is 41.0. The van der Waals surface area contributed by atoms with E-state index in [1.54, 1.807) is 54.6 Å². The Balaban J connectivity index is 1.48. The van der Waals surface area contributed by atoms with Gasteiger partial charge in [0.05, 0.1) is 11.4 Å². The number of hydrogen-bond donors (Lipinski definition) is 2. The van der Waals surface area contributed by atoms with Crippen LogP contribution in [0.25, 0.3) is 0 Å². The van der Waals surface area contributed by atoms with Crippen molar-refractivity contribution in [3.8, 4) is 0 Å². The number of rotatable bonds is 5. The van der Waals surface area contributed by atoms with E-state index in [-0.39, 0.29) is 19.6 Å². The van der Waals surface area contributed by atoms with Gasteiger partial charge in [-0.25, -0.2) is 9.18 Å². The van der Waals surface area contributed by atoms with Crippen molar-refractivity contribution in [1.82, 2.24) is 5.32 Å². The van der Waals surface area contributed by atoms with Gasteiger partial charge in [-0.05, 0) is 37.3 Å². The summed E-state index contributed by atoms with van der Waals surface area (Å²) >= 11 is 0. The lowest BCUT2D eigenvalue weighted by atomic mass is 10.1. The quantitative estimate of drug-likeness (QED) is 0.625. The summed E-state index contributed by atoms with van der Waals surface area (Å²) in [6.45, 7) is 1.51. The molecule has 0 unspecified atom stereocenters. The van der Waals surface area contributed by atoms with E-state index in [0.717, 1.165) is 5.56 Å². The molecule has 3 aromatic rings. The molecule has 1 aliphatic heterocycles. The number of nitrogens with one attached hydrogen (secondary N) is 2. The lowest BCUT2D eigenvalue weighted by Crippen LogP contribution is -2.52. The molecule has 0 saturated carbocycles. The Labute approximate surface area is 190 Å². The summed E-state index contributed by atoms with van der Waals surface area (Å²) in [5, 5.41) is 5.45. The Hall–Kier alpha value is -4.20. The van der Waals surface area contributed by atoms with E-state index >= 15 is 0 Å². The fourth-order valence-corrected chi connectivity index (χ4v) is 3.58. The average Bonchev–Trinajstić information content (AvgIpc) is 2.81. The zero-order valence-electron chi connectivity index (χ0n) is 18.0. The molecular formula is C25H23FN4O3. The van der Waals surface area contributed by atoms with Crippen molar-refractivity contribution in [3.05, 3.63) is 89.7 Å². The first kappa shape index (κ1) is 22.0. The molecule has 1 aliphatic rings. The van der Waals surface area contributed by atoms with Crippen LogP contribution in [0.2, 0.25) is 0 Å². The third kappa shape index (κ3) is 5.01. The molecule has 0 aliphatic carbocycles. The van der Waals surface area contributed by atoms with E-state index in [9.17, 15) is 18.8 Å². The van der Waals surface area contributed by atoms with Gasteiger partial charge in [-0.1, -0.05) is 48.0 Å². The molecule has 4 amide bonds. The van der Waals surface area contributed by atoms with Gasteiger partial charge in [-0.15, -0.1) is 0 Å². The van der Waals surface area contributed by atoms with Crippen LogP contribution in [0, 0.1) is 12.7 Å². The second-order valence-corrected chi connectivity index (χ2v) is 7.72. The fraction of sp³-hybridized carbons (Fsp3) is 0.160. The van der Waals surface area contributed by atoms with Gasteiger partial charge in [0.1, 0.15) is 18.9 Å². The first-order valence-electron chi connectivity index (χ1n) is 10.5. The molecule has 33 heavy (non-hydrogen) atoms. The predicted molar refractivity (Wildman–Crippen MR) is 125 cm³/mol. The summed E-state index contributed by atoms with van der Waals surface area (Å²) in [5.74, 6) is -1.24. The molecule has 4 rings (SSSR count). The Morgan fingerprint density at radius 1 is 0.939 bits per heavy atom. The van der Waals surface area contributed by atoms with Crippen LogP contribution in [0.1, 0.15) is 11.1 Å². The Morgan fingerprint density at radius 3 is 2.33 bits per heavy atom. The highest BCUT2D eigenvalue weighted by molar-refractivity contribution is 6.15. The molecule has 0 aromatic heterocycles. The molecule has 7 nitrogen and oxygen atoms in total. The van der Waals surface area contributed by atoms with Gasteiger partial charge in [0.2, 0.25) is 11.8 Å². The first-order valence-corrected chi connectivity index (χ1v) is 10.5. The molecule has 0 atom stereocenters. The SMILES string of the molecule is Cc1ccc(NC(=O)N2CC(=O)N(CC(=O)NCc3ccccc3F)c3ccccc32)cc1. The van der Waals surface area contributed by atoms with Crippen LogP contribution in [0.3, 0.4) is 0 Å². The number of para-hydroxylation sites is 2. The monoisotopic (exact) mass is 446 g/mol. The third-order valence-corrected chi connectivity index (χ3v) is 5.34. The number of hydrogen-bond acceptors (Lipinski definition) is 3. The summed E-state index contributed by atoms with van der Waals surface area (Å²) in [7, 11) is 0. The number of anilines is 3. The van der Waals surface area contributed by atoms with Crippen LogP contribution < -0.4 is 20.4 Å². The number of urea groups is 1. The lowest BCUT2D eigenvalue weighted by Gasteiger charge is -2.35. The first-order chi connectivity index (χ1) is 15.9. The van der Waals surface area contributed by atoms with Crippen LogP contribution >= 0.6 is 0 Å². The number of halogens is 1. The largest absolute Gasteiger partial charge is 0.350 e. The minimum absolute atomic E-state index is 0.0142. The van der Waals surface area contributed by atoms with Crippen molar-refractivity contribution in [3.63, 3.8) is 0 Å². The molecular weight excluding hydrogens is 423 g/mol. The minimum Gasteiger partial charge on any atom is -0.350 e. The Kier molecular flexibility index (Phi) is 6.35. The van der Waals surface area contributed by atoms with E-state index < -0.39 is 23.7 Å². The number of nitrogens with zero attached hydrogens (tertiary/aromatic N) is 2. The van der Waals surface area contributed by atoms with Crippen molar-refractivity contribution in [2.75, 3.05) is 28.2 Å². The van der Waals surface area contributed by atoms with Crippen LogP contribution in [-0.4, -0.2) is 30.9 Å². The van der Waals surface area contributed by atoms with Crippen molar-refractivity contribution in [2.24, 2.45) is 0 Å². The minimum atomic E-state index is -0.441. The molecule has 1 heterocycles. The standard InChI is InChI=1S/C25H23FN4O3/c1-17-10-12-19(13-11-17)28-25(33)30-16-24(32)29(21-8-4-5-9-22(21)30)15-23(31)27-14-18-6-2-3-7-20(18)26/h2-13H,14-16H2,1H3,(H,27,31)(H,28,33). The van der Waals surface area contributed by atoms with Crippen molar-refractivity contribution >= 4 is 34.9 Å². The second-order valence-electron chi connectivity index (χ2n) is 7.72. The van der Waals surface area contributed by atoms with Crippen molar-refractivity contribution < 1.29 is 18.8 Å². The summed E-state index contributed by atoms with van der Waals surface area (Å²) < 4.78 is 13.8. The molecule has 0 fully saturated rings. The fourth-order valence-electron chi connectivity index (χ4n) is 3.58. The van der Waals surface area contributed by atoms with Crippen LogP contribution in [0.15, 0.2) is 72.8 Å². The van der Waals surface area contributed by atoms with Crippen LogP contribution in [0.5, 0.6) is 0 Å². The number of amides is 4. The smallest absolute Gasteiger partial charge is 0.326 e. The normalized spacial score (nSPS) is 12.8. The molecule has 3 aromatic carbocycles. The van der Waals surface area contributed by atoms with Gasteiger partial charge >= 0.3 is 6.03 Å². The molecule has 0 radical (unpaired) electrons. The van der Waals surface area contributed by atoms with E-state index in [2.05, 4.69) is 10.6 Å². The van der Waals surface area contributed by atoms with Crippen LogP contribution in [-0.2, 0) is 16.1 Å². The third-order valence-electron chi connectivity index (χ3n) is 5.34. The summed E-state index contributed by atoms with van der Waals surface area (Å²) in [5.41, 5.74) is 3.01. The van der Waals surface area contributed by atoms with Gasteiger partial charge in [0.15, 0.2) is 0 Å². The highest BCUT2D eigenvalue weighted by atomic mass is 19.1. The van der Waals surface area contributed by atoms with E-state index in [4.69, 9.17) is 0 Å². The van der Waals surface area contributed by atoms with Gasteiger partial charge in [0.25, 0.3) is 0 Å². The molecule has 0 saturated heterocycles. The molecule has 0 bridgehead atoms. The topological polar surface area (TPSA) is 81.8 Å². The summed E-state index contributed by atoms with van der Waals surface area (Å²) in [6.07, 6.45) is 0. The molecule has 2 N–H and O–H groups in total. The lowest BCUT2D eigenvalue weighted by molar-refractivity contribution is -0.123. The highest BCUT2D eigenvalue weighted by Gasteiger charge is 2.33. The van der Waals surface area contributed by atoms with Gasteiger partial charge in [0, 0.05) is 17.8 Å². The van der Waals surface area contributed by atoms with Gasteiger partial charge < -0.3 is 10.6 Å². The molecule has 8 heteroatoms. The zero-order chi connectivity index (χ0) is 23.4. The Morgan fingerprint density at radius 2 is 1.61 bits per heavy atom. The van der Waals surface area contributed by atoms with Crippen LogP contribution in [0.4, 0.5) is 26.2 Å². The summed E-state index contributed by atoms with van der Waals surface area (Å²) in [6, 6.07) is 20.0. The number of fused-ring (bicyclic) bond motifs is 1. The van der Waals surface area contributed by atoms with Gasteiger partial charge in [-0.3, -0.25) is 19.4 Å². The molecule has 168 valence electrons. The number of aryl methyl sites for hydroxylation is 1.